The van der Waals surface area contributed by atoms with E-state index < -0.39 is 23.8 Å². The number of carbonyl (C=O) groups is 2. The van der Waals surface area contributed by atoms with Crippen molar-refractivity contribution in [2.75, 3.05) is 23.3 Å². The number of hydrogen-bond acceptors (Lipinski definition) is 8. The van der Waals surface area contributed by atoms with Crippen LogP contribution in [0.3, 0.4) is 0 Å². The number of carboxylic acid groups (broad SMARTS) is 1. The Bertz CT molecular complexity index is 1260. The Labute approximate surface area is 214 Å². The molecule has 3 aromatic rings. The maximum Gasteiger partial charge on any atom is 0.408 e. The number of hydrogen-bond donors (Lipinski definition) is 3. The van der Waals surface area contributed by atoms with E-state index in [0.717, 1.165) is 29.8 Å². The van der Waals surface area contributed by atoms with Crippen molar-refractivity contribution in [3.8, 4) is 0 Å². The molecule has 11 heteroatoms. The maximum absolute atomic E-state index is 12.8. The van der Waals surface area contributed by atoms with Crippen LogP contribution in [-0.2, 0) is 22.7 Å². The highest BCUT2D eigenvalue weighted by molar-refractivity contribution is 5.79. The van der Waals surface area contributed by atoms with Gasteiger partial charge in [0.05, 0.1) is 6.54 Å². The van der Waals surface area contributed by atoms with E-state index in [9.17, 15) is 19.5 Å². The minimum Gasteiger partial charge on any atom is -0.480 e. The van der Waals surface area contributed by atoms with Gasteiger partial charge in [0, 0.05) is 37.1 Å². The molecular formula is C26H30N6O5. The first kappa shape index (κ1) is 25.7. The summed E-state index contributed by atoms with van der Waals surface area (Å²) in [7, 11) is 0. The van der Waals surface area contributed by atoms with E-state index in [0.29, 0.717) is 18.9 Å². The molecule has 2 aromatic heterocycles. The molecule has 1 amide bonds. The average molecular weight is 507 g/mol. The lowest BCUT2D eigenvalue weighted by molar-refractivity contribution is -0.139. The number of carboxylic acids is 1. The third kappa shape index (κ3) is 7.06. The summed E-state index contributed by atoms with van der Waals surface area (Å²) >= 11 is 0. The average Bonchev–Trinajstić information content (AvgIpc) is 2.90. The highest BCUT2D eigenvalue weighted by Crippen LogP contribution is 2.22. The number of anilines is 2. The number of rotatable bonds is 9. The van der Waals surface area contributed by atoms with E-state index in [1.54, 1.807) is 24.5 Å². The Morgan fingerprint density at radius 3 is 2.54 bits per heavy atom. The van der Waals surface area contributed by atoms with Crippen LogP contribution >= 0.6 is 0 Å². The first-order chi connectivity index (χ1) is 17.9. The molecule has 1 aliphatic heterocycles. The number of carbonyl (C=O) groups excluding carboxylic acids is 1. The number of benzene rings is 1. The maximum atomic E-state index is 12.8. The van der Waals surface area contributed by atoms with Gasteiger partial charge in [-0.25, -0.2) is 19.4 Å². The Hall–Kier alpha value is -4.41. The molecule has 3 heterocycles. The molecule has 1 saturated heterocycles. The third-order valence-corrected chi connectivity index (χ3v) is 6.14. The molecule has 1 aromatic carbocycles. The molecule has 3 N–H and O–H groups in total. The molecule has 11 nitrogen and oxygen atoms in total. The number of piperidine rings is 1. The van der Waals surface area contributed by atoms with Crippen molar-refractivity contribution in [1.29, 1.82) is 0 Å². The Kier molecular flexibility index (Phi) is 8.34. The number of alkyl carbamates (subject to hydrolysis) is 1. The summed E-state index contributed by atoms with van der Waals surface area (Å²) in [5.74, 6) is 0.135. The SMILES string of the molecule is Cc1cn(C[C@H](NC(=O)OCc2ccccc2)C(=O)O)c(=O)nc1N1CCC(Nc2ccccn2)CC1. The fourth-order valence-electron chi connectivity index (χ4n) is 4.22. The topological polar surface area (TPSA) is 139 Å². The fraction of sp³-hybridized carbons (Fsp3) is 0.346. The molecule has 0 bridgehead atoms. The lowest BCUT2D eigenvalue weighted by Gasteiger charge is -2.34. The highest BCUT2D eigenvalue weighted by Gasteiger charge is 2.25. The van der Waals surface area contributed by atoms with Crippen molar-refractivity contribution in [2.45, 2.75) is 45.0 Å². The summed E-state index contributed by atoms with van der Waals surface area (Å²) in [4.78, 5) is 47.3. The number of pyridine rings is 1. The van der Waals surface area contributed by atoms with E-state index in [2.05, 4.69) is 25.5 Å². The molecule has 194 valence electrons. The van der Waals surface area contributed by atoms with Gasteiger partial charge < -0.3 is 25.4 Å². The molecule has 37 heavy (non-hydrogen) atoms. The standard InChI is InChI=1S/C26H30N6O5/c1-18-15-32(16-21(24(33)34)29-26(36)37-17-19-7-3-2-4-8-19)25(35)30-23(18)31-13-10-20(11-14-31)28-22-9-5-6-12-27-22/h2-9,12,15,20-21H,10-11,13-14,16-17H2,1H3,(H,27,28)(H,29,36)(H,33,34)/t21-/m0/s1. The zero-order valence-corrected chi connectivity index (χ0v) is 20.5. The zero-order chi connectivity index (χ0) is 26.2. The largest absolute Gasteiger partial charge is 0.480 e. The summed E-state index contributed by atoms with van der Waals surface area (Å²) in [6, 6.07) is 13.7. The van der Waals surface area contributed by atoms with Gasteiger partial charge in [-0.3, -0.25) is 4.57 Å². The third-order valence-electron chi connectivity index (χ3n) is 6.14. The minimum absolute atomic E-state index is 0.00238. The second kappa shape index (κ2) is 12.0. The zero-order valence-electron chi connectivity index (χ0n) is 20.5. The van der Waals surface area contributed by atoms with Gasteiger partial charge in [-0.15, -0.1) is 0 Å². The van der Waals surface area contributed by atoms with Crippen molar-refractivity contribution in [2.24, 2.45) is 0 Å². The number of amides is 1. The van der Waals surface area contributed by atoms with Crippen molar-refractivity contribution in [1.82, 2.24) is 19.9 Å². The molecule has 1 aliphatic rings. The number of ether oxygens (including phenoxy) is 1. The van der Waals surface area contributed by atoms with E-state index >= 15 is 0 Å². The van der Waals surface area contributed by atoms with Crippen LogP contribution in [0.5, 0.6) is 0 Å². The molecule has 0 spiro atoms. The van der Waals surface area contributed by atoms with Gasteiger partial charge in [0.25, 0.3) is 0 Å². The lowest BCUT2D eigenvalue weighted by atomic mass is 10.0. The van der Waals surface area contributed by atoms with Gasteiger partial charge >= 0.3 is 17.8 Å². The highest BCUT2D eigenvalue weighted by atomic mass is 16.5. The molecule has 0 radical (unpaired) electrons. The van der Waals surface area contributed by atoms with Gasteiger partial charge in [-0.05, 0) is 37.5 Å². The van der Waals surface area contributed by atoms with E-state index in [-0.39, 0.29) is 19.2 Å². The number of nitrogens with one attached hydrogen (secondary N) is 2. The number of aryl methyl sites for hydroxylation is 1. The van der Waals surface area contributed by atoms with Crippen LogP contribution in [0.25, 0.3) is 0 Å². The summed E-state index contributed by atoms with van der Waals surface area (Å²) < 4.78 is 6.31. The quantitative estimate of drug-likeness (QED) is 0.399. The molecule has 0 aliphatic carbocycles. The number of aromatic nitrogens is 3. The fourth-order valence-corrected chi connectivity index (χ4v) is 4.22. The Morgan fingerprint density at radius 1 is 1.14 bits per heavy atom. The summed E-state index contributed by atoms with van der Waals surface area (Å²) in [5.41, 5.74) is 0.930. The normalized spacial score (nSPS) is 14.6. The smallest absolute Gasteiger partial charge is 0.408 e. The van der Waals surface area contributed by atoms with Crippen molar-refractivity contribution in [3.63, 3.8) is 0 Å². The second-order valence-corrected chi connectivity index (χ2v) is 8.90. The predicted octanol–water partition coefficient (Wildman–Crippen LogP) is 2.41. The molecular weight excluding hydrogens is 476 g/mol. The molecule has 1 atom stereocenters. The first-order valence-corrected chi connectivity index (χ1v) is 12.1. The van der Waals surface area contributed by atoms with Crippen LogP contribution in [0.1, 0.15) is 24.0 Å². The monoisotopic (exact) mass is 506 g/mol. The van der Waals surface area contributed by atoms with E-state index in [1.165, 1.54) is 4.57 Å². The van der Waals surface area contributed by atoms with Crippen LogP contribution in [-0.4, -0.2) is 56.9 Å². The van der Waals surface area contributed by atoms with Crippen LogP contribution in [0.4, 0.5) is 16.4 Å². The molecule has 1 fully saturated rings. The Balaban J connectivity index is 1.35. The van der Waals surface area contributed by atoms with Gasteiger partial charge in [-0.2, -0.15) is 4.98 Å². The molecule has 0 saturated carbocycles. The minimum atomic E-state index is -1.36. The van der Waals surface area contributed by atoms with Crippen LogP contribution in [0.15, 0.2) is 65.7 Å². The van der Waals surface area contributed by atoms with Crippen molar-refractivity contribution in [3.05, 3.63) is 82.5 Å². The lowest BCUT2D eigenvalue weighted by Crippen LogP contribution is -2.46. The molecule has 4 rings (SSSR count). The number of nitrogens with zero attached hydrogens (tertiary/aromatic N) is 4. The van der Waals surface area contributed by atoms with Crippen LogP contribution in [0.2, 0.25) is 0 Å². The first-order valence-electron chi connectivity index (χ1n) is 12.1. The van der Waals surface area contributed by atoms with Gasteiger partial charge in [-0.1, -0.05) is 36.4 Å². The van der Waals surface area contributed by atoms with Crippen LogP contribution in [0, 0.1) is 6.92 Å². The van der Waals surface area contributed by atoms with E-state index in [4.69, 9.17) is 4.74 Å². The van der Waals surface area contributed by atoms with Gasteiger partial charge in [0.2, 0.25) is 0 Å². The Morgan fingerprint density at radius 2 is 1.86 bits per heavy atom. The van der Waals surface area contributed by atoms with Gasteiger partial charge in [0.1, 0.15) is 24.3 Å². The predicted molar refractivity (Wildman–Crippen MR) is 138 cm³/mol. The van der Waals surface area contributed by atoms with Crippen molar-refractivity contribution < 1.29 is 19.4 Å². The second-order valence-electron chi connectivity index (χ2n) is 8.90. The summed E-state index contributed by atoms with van der Waals surface area (Å²) in [6.07, 6.45) is 4.16. The van der Waals surface area contributed by atoms with E-state index in [1.807, 2.05) is 43.3 Å². The van der Waals surface area contributed by atoms with Crippen LogP contribution < -0.4 is 21.2 Å². The summed E-state index contributed by atoms with van der Waals surface area (Å²) in [5, 5.41) is 15.3. The number of aliphatic carboxylic acids is 1. The van der Waals surface area contributed by atoms with Gasteiger partial charge in [0.15, 0.2) is 0 Å². The summed E-state index contributed by atoms with van der Waals surface area (Å²) in [6.45, 7) is 2.98. The van der Waals surface area contributed by atoms with Crippen molar-refractivity contribution >= 4 is 23.7 Å². The molecule has 0 unspecified atom stereocenters.